The summed E-state index contributed by atoms with van der Waals surface area (Å²) < 4.78 is 7.23. The Balaban J connectivity index is 1.49. The highest BCUT2D eigenvalue weighted by Gasteiger charge is 2.19. The van der Waals surface area contributed by atoms with Gasteiger partial charge in [-0.1, -0.05) is 34.1 Å². The lowest BCUT2D eigenvalue weighted by Crippen LogP contribution is -2.15. The first-order valence-electron chi connectivity index (χ1n) is 10.4. The standard InChI is InChI=1S/C25H20ClN5O2/c1-14-5-4-6-21(15(14)2)27-25(32)23-16(3)31(30-28-23)19-11-12-22-20(13-19)24(33-29-22)17-7-9-18(26)10-8-17/h4-13H,1-3H3,(H,27,32). The van der Waals surface area contributed by atoms with Crippen LogP contribution in [-0.2, 0) is 0 Å². The molecule has 7 nitrogen and oxygen atoms in total. The third-order valence-electron chi connectivity index (χ3n) is 5.77. The van der Waals surface area contributed by atoms with Gasteiger partial charge < -0.3 is 9.84 Å². The first kappa shape index (κ1) is 20.9. The number of halogens is 1. The fourth-order valence-corrected chi connectivity index (χ4v) is 3.85. The summed E-state index contributed by atoms with van der Waals surface area (Å²) >= 11 is 6.01. The van der Waals surface area contributed by atoms with Gasteiger partial charge in [-0.05, 0) is 80.4 Å². The van der Waals surface area contributed by atoms with Crippen molar-refractivity contribution in [3.05, 3.63) is 88.2 Å². The number of carbonyl (C=O) groups excluding carboxylic acids is 1. The Bertz CT molecular complexity index is 1500. The summed E-state index contributed by atoms with van der Waals surface area (Å²) in [6.45, 7) is 5.79. The van der Waals surface area contributed by atoms with Crippen LogP contribution in [0.25, 0.3) is 27.9 Å². The van der Waals surface area contributed by atoms with E-state index in [0.29, 0.717) is 22.0 Å². The van der Waals surface area contributed by atoms with Crippen molar-refractivity contribution in [1.29, 1.82) is 0 Å². The molecule has 0 radical (unpaired) electrons. The summed E-state index contributed by atoms with van der Waals surface area (Å²) in [6, 6.07) is 18.8. The molecule has 0 unspecified atom stereocenters. The second kappa shape index (κ2) is 8.18. The summed E-state index contributed by atoms with van der Waals surface area (Å²) in [7, 11) is 0. The molecule has 0 aliphatic rings. The van der Waals surface area contributed by atoms with Crippen molar-refractivity contribution in [3.8, 4) is 17.0 Å². The van der Waals surface area contributed by atoms with Crippen molar-refractivity contribution >= 4 is 34.1 Å². The van der Waals surface area contributed by atoms with Gasteiger partial charge in [-0.3, -0.25) is 4.79 Å². The predicted octanol–water partition coefficient (Wildman–Crippen LogP) is 5.91. The summed E-state index contributed by atoms with van der Waals surface area (Å²) in [5.41, 5.74) is 6.09. The van der Waals surface area contributed by atoms with Crippen molar-refractivity contribution < 1.29 is 9.32 Å². The molecule has 0 spiro atoms. The highest BCUT2D eigenvalue weighted by molar-refractivity contribution is 6.30. The molecule has 2 aromatic heterocycles. The fourth-order valence-electron chi connectivity index (χ4n) is 3.72. The van der Waals surface area contributed by atoms with E-state index in [9.17, 15) is 4.79 Å². The van der Waals surface area contributed by atoms with Gasteiger partial charge >= 0.3 is 0 Å². The molecule has 5 rings (SSSR count). The van der Waals surface area contributed by atoms with Crippen LogP contribution in [0.3, 0.4) is 0 Å². The van der Waals surface area contributed by atoms with Crippen molar-refractivity contribution in [2.24, 2.45) is 0 Å². The number of nitrogens with zero attached hydrogens (tertiary/aromatic N) is 4. The van der Waals surface area contributed by atoms with E-state index < -0.39 is 0 Å². The molecular weight excluding hydrogens is 438 g/mol. The van der Waals surface area contributed by atoms with E-state index in [1.54, 1.807) is 16.8 Å². The molecule has 0 saturated heterocycles. The van der Waals surface area contributed by atoms with Crippen LogP contribution in [0.15, 0.2) is 65.2 Å². The molecule has 1 N–H and O–H groups in total. The average molecular weight is 458 g/mol. The summed E-state index contributed by atoms with van der Waals surface area (Å²) in [4.78, 5) is 12.9. The van der Waals surface area contributed by atoms with Crippen molar-refractivity contribution in [1.82, 2.24) is 20.2 Å². The van der Waals surface area contributed by atoms with E-state index >= 15 is 0 Å². The van der Waals surface area contributed by atoms with Gasteiger partial charge in [0.25, 0.3) is 5.91 Å². The second-order valence-electron chi connectivity index (χ2n) is 7.86. The lowest BCUT2D eigenvalue weighted by molar-refractivity contribution is 0.102. The van der Waals surface area contributed by atoms with Gasteiger partial charge in [0.1, 0.15) is 5.52 Å². The molecule has 0 aliphatic carbocycles. The van der Waals surface area contributed by atoms with E-state index in [4.69, 9.17) is 16.1 Å². The SMILES string of the molecule is Cc1cccc(NC(=O)c2nnn(-c3ccc4noc(-c5ccc(Cl)cc5)c4c3)c2C)c1C. The number of benzene rings is 3. The van der Waals surface area contributed by atoms with Crippen LogP contribution < -0.4 is 5.32 Å². The highest BCUT2D eigenvalue weighted by Crippen LogP contribution is 2.31. The number of anilines is 1. The Morgan fingerprint density at radius 2 is 1.82 bits per heavy atom. The van der Waals surface area contributed by atoms with Crippen LogP contribution in [0.2, 0.25) is 5.02 Å². The largest absolute Gasteiger partial charge is 0.355 e. The Labute approximate surface area is 195 Å². The minimum atomic E-state index is -0.305. The maximum atomic E-state index is 12.9. The molecule has 5 aromatic rings. The maximum absolute atomic E-state index is 12.9. The molecule has 1 amide bonds. The van der Waals surface area contributed by atoms with Crippen LogP contribution in [0, 0.1) is 20.8 Å². The predicted molar refractivity (Wildman–Crippen MR) is 128 cm³/mol. The van der Waals surface area contributed by atoms with Crippen molar-refractivity contribution in [2.75, 3.05) is 5.32 Å². The minimum Gasteiger partial charge on any atom is -0.355 e. The number of amides is 1. The number of rotatable bonds is 4. The fraction of sp³-hybridized carbons (Fsp3) is 0.120. The molecule has 0 aliphatic heterocycles. The zero-order chi connectivity index (χ0) is 23.1. The third kappa shape index (κ3) is 3.76. The zero-order valence-corrected chi connectivity index (χ0v) is 19.0. The Kier molecular flexibility index (Phi) is 5.18. The second-order valence-corrected chi connectivity index (χ2v) is 8.29. The summed E-state index contributed by atoms with van der Waals surface area (Å²) in [5, 5.41) is 16.9. The lowest BCUT2D eigenvalue weighted by atomic mass is 10.1. The van der Waals surface area contributed by atoms with Crippen LogP contribution in [0.4, 0.5) is 5.69 Å². The summed E-state index contributed by atoms with van der Waals surface area (Å²) in [5.74, 6) is 0.328. The Hall–Kier alpha value is -3.97. The smallest absolute Gasteiger partial charge is 0.278 e. The average Bonchev–Trinajstić information content (AvgIpc) is 3.40. The van der Waals surface area contributed by atoms with Crippen molar-refractivity contribution in [3.63, 3.8) is 0 Å². The van der Waals surface area contributed by atoms with Crippen LogP contribution in [-0.4, -0.2) is 26.1 Å². The minimum absolute atomic E-state index is 0.263. The molecule has 33 heavy (non-hydrogen) atoms. The van der Waals surface area contributed by atoms with E-state index in [1.165, 1.54) is 0 Å². The zero-order valence-electron chi connectivity index (χ0n) is 18.3. The molecule has 0 atom stereocenters. The van der Waals surface area contributed by atoms with Crippen LogP contribution in [0.5, 0.6) is 0 Å². The van der Waals surface area contributed by atoms with Crippen LogP contribution in [0.1, 0.15) is 27.3 Å². The van der Waals surface area contributed by atoms with E-state index in [2.05, 4.69) is 20.8 Å². The molecule has 2 heterocycles. The molecular formula is C25H20ClN5O2. The quantitative estimate of drug-likeness (QED) is 0.362. The van der Waals surface area contributed by atoms with Gasteiger partial charge in [-0.15, -0.1) is 5.10 Å². The van der Waals surface area contributed by atoms with E-state index in [1.807, 2.05) is 69.3 Å². The first-order valence-corrected chi connectivity index (χ1v) is 10.8. The topological polar surface area (TPSA) is 85.8 Å². The number of carbonyl (C=O) groups is 1. The number of hydrogen-bond acceptors (Lipinski definition) is 5. The monoisotopic (exact) mass is 457 g/mol. The van der Waals surface area contributed by atoms with Crippen molar-refractivity contribution in [2.45, 2.75) is 20.8 Å². The van der Waals surface area contributed by atoms with E-state index in [0.717, 1.165) is 33.5 Å². The number of hydrogen-bond donors (Lipinski definition) is 1. The van der Waals surface area contributed by atoms with Gasteiger partial charge in [-0.2, -0.15) is 0 Å². The number of aryl methyl sites for hydroxylation is 1. The first-order chi connectivity index (χ1) is 15.9. The van der Waals surface area contributed by atoms with Gasteiger partial charge in [0.2, 0.25) is 0 Å². The summed E-state index contributed by atoms with van der Waals surface area (Å²) in [6.07, 6.45) is 0. The van der Waals surface area contributed by atoms with Gasteiger partial charge in [-0.25, -0.2) is 4.68 Å². The molecule has 0 saturated carbocycles. The number of aromatic nitrogens is 4. The number of nitrogens with one attached hydrogen (secondary N) is 1. The molecule has 164 valence electrons. The van der Waals surface area contributed by atoms with Gasteiger partial charge in [0.15, 0.2) is 11.5 Å². The van der Waals surface area contributed by atoms with Crippen LogP contribution >= 0.6 is 11.6 Å². The highest BCUT2D eigenvalue weighted by atomic mass is 35.5. The van der Waals surface area contributed by atoms with Gasteiger partial charge in [0, 0.05) is 16.3 Å². The van der Waals surface area contributed by atoms with E-state index in [-0.39, 0.29) is 11.6 Å². The van der Waals surface area contributed by atoms with Gasteiger partial charge in [0.05, 0.1) is 16.8 Å². The Morgan fingerprint density at radius 3 is 2.61 bits per heavy atom. The molecule has 0 fully saturated rings. The molecule has 3 aromatic carbocycles. The number of fused-ring (bicyclic) bond motifs is 1. The third-order valence-corrected chi connectivity index (χ3v) is 6.03. The Morgan fingerprint density at radius 1 is 1.03 bits per heavy atom. The lowest BCUT2D eigenvalue weighted by Gasteiger charge is -2.09. The maximum Gasteiger partial charge on any atom is 0.278 e. The normalized spacial score (nSPS) is 11.2. The molecule has 0 bridgehead atoms. The molecule has 8 heteroatoms.